The summed E-state index contributed by atoms with van der Waals surface area (Å²) >= 11 is 0. The lowest BCUT2D eigenvalue weighted by Gasteiger charge is -2.15. The van der Waals surface area contributed by atoms with Crippen LogP contribution in [0.4, 0.5) is 11.5 Å². The van der Waals surface area contributed by atoms with E-state index in [2.05, 4.69) is 30.6 Å². The van der Waals surface area contributed by atoms with E-state index in [-0.39, 0.29) is 5.91 Å². The Kier molecular flexibility index (Phi) is 5.33. The maximum absolute atomic E-state index is 12.7. The van der Waals surface area contributed by atoms with Gasteiger partial charge in [0.15, 0.2) is 5.82 Å². The minimum atomic E-state index is -0.201. The number of rotatable bonds is 5. The maximum Gasteiger partial charge on any atom is 0.255 e. The zero-order chi connectivity index (χ0) is 21.9. The van der Waals surface area contributed by atoms with E-state index in [0.717, 1.165) is 35.7 Å². The second-order valence-corrected chi connectivity index (χ2v) is 7.72. The highest BCUT2D eigenvalue weighted by molar-refractivity contribution is 6.04. The highest BCUT2D eigenvalue weighted by Crippen LogP contribution is 2.24. The van der Waals surface area contributed by atoms with Crippen molar-refractivity contribution in [2.75, 3.05) is 23.3 Å². The molecule has 0 spiro atoms. The van der Waals surface area contributed by atoms with Crippen LogP contribution in [0.2, 0.25) is 0 Å². The topological polar surface area (TPSA) is 97.0 Å². The second kappa shape index (κ2) is 8.58. The van der Waals surface area contributed by atoms with E-state index in [0.29, 0.717) is 23.0 Å². The van der Waals surface area contributed by atoms with Gasteiger partial charge in [0.05, 0.1) is 5.69 Å². The summed E-state index contributed by atoms with van der Waals surface area (Å²) in [5, 5.41) is 15.6. The van der Waals surface area contributed by atoms with Crippen molar-refractivity contribution >= 4 is 17.4 Å². The van der Waals surface area contributed by atoms with E-state index < -0.39 is 0 Å². The van der Waals surface area contributed by atoms with Gasteiger partial charge >= 0.3 is 0 Å². The minimum absolute atomic E-state index is 0.201. The van der Waals surface area contributed by atoms with Crippen LogP contribution in [-0.2, 0) is 0 Å². The first-order chi connectivity index (χ1) is 15.7. The van der Waals surface area contributed by atoms with Crippen molar-refractivity contribution in [2.24, 2.45) is 0 Å². The monoisotopic (exact) mass is 426 g/mol. The van der Waals surface area contributed by atoms with Crippen molar-refractivity contribution < 1.29 is 9.32 Å². The van der Waals surface area contributed by atoms with Gasteiger partial charge in [-0.15, -0.1) is 10.2 Å². The number of amides is 1. The average Bonchev–Trinajstić information content (AvgIpc) is 3.52. The van der Waals surface area contributed by atoms with Gasteiger partial charge in [-0.05, 0) is 49.2 Å². The molecule has 8 nitrogen and oxygen atoms in total. The smallest absolute Gasteiger partial charge is 0.255 e. The third kappa shape index (κ3) is 4.20. The van der Waals surface area contributed by atoms with Crippen LogP contribution in [0.3, 0.4) is 0 Å². The van der Waals surface area contributed by atoms with Crippen LogP contribution in [-0.4, -0.2) is 39.3 Å². The molecule has 4 aromatic rings. The molecular weight excluding hydrogens is 404 g/mol. The third-order valence-corrected chi connectivity index (χ3v) is 5.43. The van der Waals surface area contributed by atoms with Crippen LogP contribution in [0.15, 0.2) is 65.2 Å². The fraction of sp³-hybridized carbons (Fsp3) is 0.208. The van der Waals surface area contributed by atoms with Gasteiger partial charge in [0.2, 0.25) is 11.7 Å². The van der Waals surface area contributed by atoms with Gasteiger partial charge < -0.3 is 14.7 Å². The van der Waals surface area contributed by atoms with Crippen LogP contribution < -0.4 is 10.2 Å². The SMILES string of the molecule is Cc1nc(-c2ccc(C(=O)Nc3cccc(-c4ccc(N5CCCC5)nn4)c3)cc2)no1. The summed E-state index contributed by atoms with van der Waals surface area (Å²) in [6, 6.07) is 18.6. The van der Waals surface area contributed by atoms with Gasteiger partial charge in [0.25, 0.3) is 5.91 Å². The summed E-state index contributed by atoms with van der Waals surface area (Å²) in [6.07, 6.45) is 2.40. The van der Waals surface area contributed by atoms with E-state index in [1.54, 1.807) is 31.2 Å². The molecule has 32 heavy (non-hydrogen) atoms. The Hall–Kier alpha value is -4.07. The Balaban J connectivity index is 1.28. The molecule has 0 atom stereocenters. The molecular formula is C24H22N6O2. The number of hydrogen-bond acceptors (Lipinski definition) is 7. The van der Waals surface area contributed by atoms with Gasteiger partial charge in [0.1, 0.15) is 0 Å². The van der Waals surface area contributed by atoms with Crippen molar-refractivity contribution in [2.45, 2.75) is 19.8 Å². The highest BCUT2D eigenvalue weighted by atomic mass is 16.5. The molecule has 2 aromatic heterocycles. The molecule has 1 amide bonds. The van der Waals surface area contributed by atoms with E-state index in [9.17, 15) is 4.79 Å². The molecule has 1 saturated heterocycles. The third-order valence-electron chi connectivity index (χ3n) is 5.43. The Morgan fingerprint density at radius 1 is 0.969 bits per heavy atom. The van der Waals surface area contributed by atoms with Gasteiger partial charge in [-0.1, -0.05) is 29.4 Å². The summed E-state index contributed by atoms with van der Waals surface area (Å²) in [4.78, 5) is 19.2. The number of nitrogens with zero attached hydrogens (tertiary/aromatic N) is 5. The lowest BCUT2D eigenvalue weighted by molar-refractivity contribution is 0.102. The number of hydrogen-bond donors (Lipinski definition) is 1. The van der Waals surface area contributed by atoms with Crippen molar-refractivity contribution in [3.05, 3.63) is 72.1 Å². The molecule has 0 unspecified atom stereocenters. The molecule has 1 N–H and O–H groups in total. The molecule has 0 aliphatic carbocycles. The molecule has 1 aliphatic rings. The molecule has 3 heterocycles. The molecule has 1 fully saturated rings. The lowest BCUT2D eigenvalue weighted by atomic mass is 10.1. The summed E-state index contributed by atoms with van der Waals surface area (Å²) in [5.41, 5.74) is 3.68. The van der Waals surface area contributed by atoms with Crippen molar-refractivity contribution in [3.8, 4) is 22.6 Å². The molecule has 0 radical (unpaired) electrons. The molecule has 8 heteroatoms. The maximum atomic E-state index is 12.7. The van der Waals surface area contributed by atoms with Crippen LogP contribution in [0.25, 0.3) is 22.6 Å². The number of benzene rings is 2. The fourth-order valence-electron chi connectivity index (χ4n) is 3.74. The predicted molar refractivity (Wildman–Crippen MR) is 121 cm³/mol. The summed E-state index contributed by atoms with van der Waals surface area (Å²) in [7, 11) is 0. The minimum Gasteiger partial charge on any atom is -0.355 e. The Morgan fingerprint density at radius 2 is 1.78 bits per heavy atom. The van der Waals surface area contributed by atoms with Crippen LogP contribution in [0, 0.1) is 6.92 Å². The van der Waals surface area contributed by atoms with Crippen molar-refractivity contribution in [1.82, 2.24) is 20.3 Å². The number of carbonyl (C=O) groups excluding carboxylic acids is 1. The van der Waals surface area contributed by atoms with Crippen LogP contribution >= 0.6 is 0 Å². The first-order valence-electron chi connectivity index (χ1n) is 10.6. The zero-order valence-electron chi connectivity index (χ0n) is 17.7. The number of aryl methyl sites for hydroxylation is 1. The van der Waals surface area contributed by atoms with Gasteiger partial charge in [-0.3, -0.25) is 4.79 Å². The lowest BCUT2D eigenvalue weighted by Crippen LogP contribution is -2.19. The fourth-order valence-corrected chi connectivity index (χ4v) is 3.74. The van der Waals surface area contributed by atoms with Crippen molar-refractivity contribution in [3.63, 3.8) is 0 Å². The Labute approximate surface area is 185 Å². The average molecular weight is 426 g/mol. The Bertz CT molecular complexity index is 1230. The standard InChI is InChI=1S/C24H22N6O2/c1-16-25-23(29-32-16)17-7-9-18(10-8-17)24(31)26-20-6-4-5-19(15-20)21-11-12-22(28-27-21)30-13-2-3-14-30/h4-12,15H,2-3,13-14H2,1H3,(H,26,31). The quantitative estimate of drug-likeness (QED) is 0.506. The van der Waals surface area contributed by atoms with E-state index in [1.807, 2.05) is 36.4 Å². The molecule has 2 aromatic carbocycles. The van der Waals surface area contributed by atoms with Crippen molar-refractivity contribution in [1.29, 1.82) is 0 Å². The molecule has 160 valence electrons. The highest BCUT2D eigenvalue weighted by Gasteiger charge is 2.14. The molecule has 0 saturated carbocycles. The molecule has 1 aliphatic heterocycles. The normalized spacial score (nSPS) is 13.3. The largest absolute Gasteiger partial charge is 0.355 e. The van der Waals surface area contributed by atoms with Gasteiger partial charge in [0, 0.05) is 42.4 Å². The zero-order valence-corrected chi connectivity index (χ0v) is 17.7. The Morgan fingerprint density at radius 3 is 2.47 bits per heavy atom. The van der Waals surface area contributed by atoms with E-state index in [4.69, 9.17) is 4.52 Å². The van der Waals surface area contributed by atoms with Crippen LogP contribution in [0.5, 0.6) is 0 Å². The summed E-state index contributed by atoms with van der Waals surface area (Å²) in [6.45, 7) is 3.80. The summed E-state index contributed by atoms with van der Waals surface area (Å²) < 4.78 is 5.00. The number of carbonyl (C=O) groups is 1. The number of aromatic nitrogens is 4. The second-order valence-electron chi connectivity index (χ2n) is 7.72. The first kappa shape index (κ1) is 19.9. The van der Waals surface area contributed by atoms with E-state index in [1.165, 1.54) is 12.8 Å². The summed E-state index contributed by atoms with van der Waals surface area (Å²) in [5.74, 6) is 1.71. The first-order valence-corrected chi connectivity index (χ1v) is 10.6. The number of nitrogens with one attached hydrogen (secondary N) is 1. The molecule has 0 bridgehead atoms. The van der Waals surface area contributed by atoms with Gasteiger partial charge in [-0.25, -0.2) is 0 Å². The van der Waals surface area contributed by atoms with Crippen LogP contribution in [0.1, 0.15) is 29.1 Å². The number of anilines is 2. The van der Waals surface area contributed by atoms with E-state index >= 15 is 0 Å². The van der Waals surface area contributed by atoms with Gasteiger partial charge in [-0.2, -0.15) is 4.98 Å². The predicted octanol–water partition coefficient (Wildman–Crippen LogP) is 4.35. The molecule has 5 rings (SSSR count).